The zero-order valence-electron chi connectivity index (χ0n) is 22.6. The molecular weight excluding hydrogens is 480 g/mol. The first-order valence-corrected chi connectivity index (χ1v) is 13.9. The van der Waals surface area contributed by atoms with Crippen molar-refractivity contribution >= 4 is 11.8 Å². The Kier molecular flexibility index (Phi) is 8.52. The number of amides is 2. The van der Waals surface area contributed by atoms with Crippen LogP contribution in [0.1, 0.15) is 36.8 Å². The quantitative estimate of drug-likeness (QED) is 0.310. The van der Waals surface area contributed by atoms with Crippen molar-refractivity contribution in [3.63, 3.8) is 0 Å². The zero-order chi connectivity index (χ0) is 27.0. The van der Waals surface area contributed by atoms with Gasteiger partial charge in [-0.05, 0) is 59.1 Å². The van der Waals surface area contributed by atoms with E-state index in [1.807, 2.05) is 24.1 Å². The number of hydrogen-bond acceptors (Lipinski definition) is 2. The van der Waals surface area contributed by atoms with Crippen LogP contribution in [0.3, 0.4) is 0 Å². The van der Waals surface area contributed by atoms with E-state index in [0.29, 0.717) is 24.9 Å². The molecule has 39 heavy (non-hydrogen) atoms. The molecule has 0 aliphatic carbocycles. The molecule has 0 unspecified atom stereocenters. The Morgan fingerprint density at radius 3 is 1.54 bits per heavy atom. The average Bonchev–Trinajstić information content (AvgIpc) is 3.54. The predicted octanol–water partition coefficient (Wildman–Crippen LogP) is 6.69. The summed E-state index contributed by atoms with van der Waals surface area (Å²) < 4.78 is 0. The molecule has 2 fully saturated rings. The summed E-state index contributed by atoms with van der Waals surface area (Å²) in [5, 5.41) is 3.01. The molecular formula is C35H36N2O2. The highest BCUT2D eigenvalue weighted by atomic mass is 16.2. The summed E-state index contributed by atoms with van der Waals surface area (Å²) in [7, 11) is 1.92. The van der Waals surface area contributed by atoms with E-state index in [0.717, 1.165) is 25.7 Å². The Morgan fingerprint density at radius 1 is 0.615 bits per heavy atom. The van der Waals surface area contributed by atoms with Crippen molar-refractivity contribution in [1.29, 1.82) is 0 Å². The average molecular weight is 517 g/mol. The highest BCUT2D eigenvalue weighted by molar-refractivity contribution is 5.79. The van der Waals surface area contributed by atoms with Crippen molar-refractivity contribution in [2.24, 2.45) is 0 Å². The summed E-state index contributed by atoms with van der Waals surface area (Å²) in [5.74, 6) is 0.460. The van der Waals surface area contributed by atoms with E-state index in [-0.39, 0.29) is 11.8 Å². The van der Waals surface area contributed by atoms with Gasteiger partial charge in [0.2, 0.25) is 11.8 Å². The van der Waals surface area contributed by atoms with E-state index in [1.54, 1.807) is 0 Å². The van der Waals surface area contributed by atoms with Crippen LogP contribution in [-0.2, 0) is 22.4 Å². The van der Waals surface area contributed by atoms with Crippen LogP contribution in [0.25, 0.3) is 22.3 Å². The van der Waals surface area contributed by atoms with Crippen molar-refractivity contribution < 1.29 is 9.59 Å². The fraction of sp³-hybridized carbons (Fsp3) is 0.257. The van der Waals surface area contributed by atoms with E-state index in [1.165, 1.54) is 33.4 Å². The van der Waals surface area contributed by atoms with Gasteiger partial charge >= 0.3 is 0 Å². The molecule has 6 rings (SSSR count). The minimum atomic E-state index is 0.186. The van der Waals surface area contributed by atoms with E-state index in [4.69, 9.17) is 0 Å². The molecule has 0 saturated carbocycles. The fourth-order valence-corrected chi connectivity index (χ4v) is 5.42. The molecule has 2 amide bonds. The van der Waals surface area contributed by atoms with Gasteiger partial charge in [-0.15, -0.1) is 0 Å². The van der Waals surface area contributed by atoms with E-state index < -0.39 is 0 Å². The van der Waals surface area contributed by atoms with Gasteiger partial charge < -0.3 is 10.2 Å². The molecule has 2 aliphatic heterocycles. The number of nitrogens with zero attached hydrogens (tertiary/aromatic N) is 1. The van der Waals surface area contributed by atoms with Gasteiger partial charge in [0.15, 0.2) is 0 Å². The Labute approximate surface area is 231 Å². The van der Waals surface area contributed by atoms with Crippen LogP contribution < -0.4 is 5.32 Å². The Bertz CT molecular complexity index is 1370. The van der Waals surface area contributed by atoms with Gasteiger partial charge in [0, 0.05) is 32.0 Å². The van der Waals surface area contributed by atoms with Crippen LogP contribution in [0.4, 0.5) is 0 Å². The van der Waals surface area contributed by atoms with Gasteiger partial charge in [-0.3, -0.25) is 9.59 Å². The molecule has 0 aromatic heterocycles. The summed E-state index contributed by atoms with van der Waals surface area (Å²) >= 11 is 0. The molecule has 2 atom stereocenters. The first-order valence-electron chi connectivity index (χ1n) is 13.9. The van der Waals surface area contributed by atoms with Crippen LogP contribution in [0, 0.1) is 0 Å². The lowest BCUT2D eigenvalue weighted by atomic mass is 10.00. The number of likely N-dealkylation sites (tertiary alicyclic amines) is 1. The maximum Gasteiger partial charge on any atom is 0.222 e. The van der Waals surface area contributed by atoms with Crippen LogP contribution in [0.5, 0.6) is 0 Å². The second-order valence-corrected chi connectivity index (χ2v) is 10.5. The van der Waals surface area contributed by atoms with Gasteiger partial charge in [-0.2, -0.15) is 0 Å². The lowest BCUT2D eigenvalue weighted by Crippen LogP contribution is -2.30. The predicted molar refractivity (Wildman–Crippen MR) is 158 cm³/mol. The number of hydrogen-bond donors (Lipinski definition) is 1. The third kappa shape index (κ3) is 7.02. The number of carbonyl (C=O) groups is 2. The van der Waals surface area contributed by atoms with E-state index >= 15 is 0 Å². The van der Waals surface area contributed by atoms with Crippen molar-refractivity contribution in [3.05, 3.63) is 120 Å². The molecule has 4 aromatic rings. The third-order valence-electron chi connectivity index (χ3n) is 7.79. The highest BCUT2D eigenvalue weighted by Crippen LogP contribution is 2.24. The molecule has 198 valence electrons. The maximum absolute atomic E-state index is 11.5. The van der Waals surface area contributed by atoms with Crippen molar-refractivity contribution in [3.8, 4) is 22.3 Å². The summed E-state index contributed by atoms with van der Waals surface area (Å²) in [6.45, 7) is 0. The molecule has 1 N–H and O–H groups in total. The number of carbonyl (C=O) groups excluding carboxylic acids is 2. The normalized spacial score (nSPS) is 18.4. The largest absolute Gasteiger partial charge is 0.353 e. The Hall–Kier alpha value is -4.18. The Morgan fingerprint density at radius 2 is 1.10 bits per heavy atom. The molecule has 2 heterocycles. The molecule has 0 radical (unpaired) electrons. The summed E-state index contributed by atoms with van der Waals surface area (Å²) in [4.78, 5) is 24.6. The maximum atomic E-state index is 11.5. The smallest absolute Gasteiger partial charge is 0.222 e. The molecule has 4 heteroatoms. The van der Waals surface area contributed by atoms with Gasteiger partial charge in [-0.25, -0.2) is 0 Å². The SMILES string of the molecule is CN1C(=O)CC[C@H]1Cc1ccc(-c2ccccc2)cc1.O=C1CC[C@@H](Cc2ccc(-c3ccccc3)cc2)N1. The molecule has 4 nitrogen and oxygen atoms in total. The summed E-state index contributed by atoms with van der Waals surface area (Å²) in [5.41, 5.74) is 7.54. The molecule has 2 saturated heterocycles. The minimum Gasteiger partial charge on any atom is -0.353 e. The van der Waals surface area contributed by atoms with Gasteiger partial charge in [-0.1, -0.05) is 109 Å². The number of rotatable bonds is 6. The van der Waals surface area contributed by atoms with Gasteiger partial charge in [0.25, 0.3) is 0 Å². The highest BCUT2D eigenvalue weighted by Gasteiger charge is 2.27. The summed E-state index contributed by atoms with van der Waals surface area (Å²) in [6.07, 6.45) is 5.20. The topological polar surface area (TPSA) is 49.4 Å². The second-order valence-electron chi connectivity index (χ2n) is 10.5. The fourth-order valence-electron chi connectivity index (χ4n) is 5.42. The van der Waals surface area contributed by atoms with Crippen LogP contribution in [-0.4, -0.2) is 35.8 Å². The van der Waals surface area contributed by atoms with Crippen molar-refractivity contribution in [2.75, 3.05) is 7.05 Å². The van der Waals surface area contributed by atoms with E-state index in [2.05, 4.69) is 102 Å². The number of likely N-dealkylation sites (N-methyl/N-ethyl adjacent to an activating group) is 1. The molecule has 0 bridgehead atoms. The van der Waals surface area contributed by atoms with E-state index in [9.17, 15) is 9.59 Å². The van der Waals surface area contributed by atoms with Crippen LogP contribution >= 0.6 is 0 Å². The Balaban J connectivity index is 0.000000158. The van der Waals surface area contributed by atoms with Crippen molar-refractivity contribution in [1.82, 2.24) is 10.2 Å². The third-order valence-corrected chi connectivity index (χ3v) is 7.79. The zero-order valence-corrected chi connectivity index (χ0v) is 22.6. The van der Waals surface area contributed by atoms with Crippen LogP contribution in [0.2, 0.25) is 0 Å². The second kappa shape index (κ2) is 12.6. The minimum absolute atomic E-state index is 0.186. The molecule has 4 aromatic carbocycles. The van der Waals surface area contributed by atoms with Crippen molar-refractivity contribution in [2.45, 2.75) is 50.6 Å². The van der Waals surface area contributed by atoms with Gasteiger partial charge in [0.1, 0.15) is 0 Å². The molecule has 0 spiro atoms. The lowest BCUT2D eigenvalue weighted by Gasteiger charge is -2.19. The molecule has 2 aliphatic rings. The lowest BCUT2D eigenvalue weighted by molar-refractivity contribution is -0.127. The standard InChI is InChI=1S/C18H19NO.C17H17NO/c1-19-17(11-12-18(19)20)13-14-7-9-16(10-8-14)15-5-3-2-4-6-15;19-17-11-10-16(18-17)12-13-6-8-15(9-7-13)14-4-2-1-3-5-14/h2-10,17H,11-13H2,1H3;1-9,16H,10-12H2,(H,18,19)/t17-;16-/m00/s1. The monoisotopic (exact) mass is 516 g/mol. The van der Waals surface area contributed by atoms with Crippen LogP contribution in [0.15, 0.2) is 109 Å². The first kappa shape index (κ1) is 26.4. The number of benzene rings is 4. The first-order chi connectivity index (χ1) is 19.0. The van der Waals surface area contributed by atoms with Gasteiger partial charge in [0.05, 0.1) is 0 Å². The summed E-state index contributed by atoms with van der Waals surface area (Å²) in [6, 6.07) is 38.8. The number of nitrogens with one attached hydrogen (secondary N) is 1.